The van der Waals surface area contributed by atoms with Crippen molar-refractivity contribution < 1.29 is 9.59 Å². The smallest absolute Gasteiger partial charge is 0.262 e. The molecule has 1 amide bonds. The summed E-state index contributed by atoms with van der Waals surface area (Å²) in [4.78, 5) is 32.0. The molecule has 8 nitrogen and oxygen atoms in total. The number of amides is 1. The first kappa shape index (κ1) is 23.7. The number of thiophene rings is 1. The van der Waals surface area contributed by atoms with Crippen molar-refractivity contribution in [1.82, 2.24) is 15.6 Å². The van der Waals surface area contributed by atoms with E-state index in [1.165, 1.54) is 11.3 Å². The standard InChI is InChI=1S/C28H28N6O2S/c29-20-7-6-19-21-22(25(37-24(20)21)27(36)34-18-5-2-10-33-14-18)23(30)26(35)28(19,31)17-4-1-3-16(13-17)15-8-11-32-12-9-15/h1,3-4,6-9,11-13,18,23,33H,2,5,10,14,29-31H2,(H,34,36). The minimum absolute atomic E-state index is 0.0236. The largest absolute Gasteiger partial charge is 0.398 e. The molecule has 3 atom stereocenters. The van der Waals surface area contributed by atoms with Crippen LogP contribution >= 0.6 is 11.3 Å². The molecule has 3 heterocycles. The third-order valence-electron chi connectivity index (χ3n) is 7.48. The van der Waals surface area contributed by atoms with Gasteiger partial charge in [-0.25, -0.2) is 0 Å². The van der Waals surface area contributed by atoms with Crippen LogP contribution in [-0.2, 0) is 10.3 Å². The Morgan fingerprint density at radius 1 is 1.14 bits per heavy atom. The normalized spacial score (nSPS) is 23.2. The van der Waals surface area contributed by atoms with E-state index in [4.69, 9.17) is 17.2 Å². The molecule has 0 saturated carbocycles. The molecule has 1 aliphatic carbocycles. The van der Waals surface area contributed by atoms with Crippen LogP contribution in [0.2, 0.25) is 0 Å². The van der Waals surface area contributed by atoms with Gasteiger partial charge in [0.15, 0.2) is 5.78 Å². The third-order valence-corrected chi connectivity index (χ3v) is 8.74. The maximum absolute atomic E-state index is 14.0. The highest BCUT2D eigenvalue weighted by Crippen LogP contribution is 2.49. The van der Waals surface area contributed by atoms with Crippen molar-refractivity contribution in [1.29, 1.82) is 0 Å². The first-order chi connectivity index (χ1) is 17.9. The number of aromatic nitrogens is 1. The average molecular weight is 513 g/mol. The zero-order chi connectivity index (χ0) is 25.7. The maximum atomic E-state index is 14.0. The Hall–Kier alpha value is -3.63. The van der Waals surface area contributed by atoms with Crippen LogP contribution in [0.25, 0.3) is 21.2 Å². The Labute approximate surface area is 218 Å². The maximum Gasteiger partial charge on any atom is 0.262 e. The molecule has 6 rings (SSSR count). The average Bonchev–Trinajstić information content (AvgIpc) is 3.34. The number of carbonyl (C=O) groups is 2. The lowest BCUT2D eigenvalue weighted by molar-refractivity contribution is -0.124. The zero-order valence-corrected chi connectivity index (χ0v) is 21.0. The minimum atomic E-state index is -1.50. The van der Waals surface area contributed by atoms with E-state index in [0.29, 0.717) is 39.2 Å². The lowest BCUT2D eigenvalue weighted by Crippen LogP contribution is -2.52. The van der Waals surface area contributed by atoms with Gasteiger partial charge in [-0.15, -0.1) is 11.3 Å². The van der Waals surface area contributed by atoms with Crippen molar-refractivity contribution >= 4 is 38.8 Å². The molecule has 9 heteroatoms. The number of anilines is 1. The van der Waals surface area contributed by atoms with E-state index >= 15 is 0 Å². The Bertz CT molecular complexity index is 1530. The van der Waals surface area contributed by atoms with Gasteiger partial charge in [0.05, 0.1) is 15.6 Å². The van der Waals surface area contributed by atoms with Crippen LogP contribution in [0.4, 0.5) is 5.69 Å². The quantitative estimate of drug-likeness (QED) is 0.264. The number of nitrogens with zero attached hydrogens (tertiary/aromatic N) is 1. The molecule has 1 fully saturated rings. The fourth-order valence-corrected chi connectivity index (χ4v) is 6.76. The van der Waals surface area contributed by atoms with Crippen molar-refractivity contribution in [2.75, 3.05) is 18.8 Å². The fraction of sp³-hybridized carbons (Fsp3) is 0.250. The molecule has 188 valence electrons. The van der Waals surface area contributed by atoms with Crippen LogP contribution in [0.5, 0.6) is 0 Å². The fourth-order valence-electron chi connectivity index (χ4n) is 5.56. The number of pyridine rings is 1. The van der Waals surface area contributed by atoms with E-state index in [0.717, 1.165) is 35.2 Å². The van der Waals surface area contributed by atoms with E-state index in [1.54, 1.807) is 24.5 Å². The molecule has 3 unspecified atom stereocenters. The number of benzene rings is 2. The summed E-state index contributed by atoms with van der Waals surface area (Å²) in [5.74, 6) is -0.590. The van der Waals surface area contributed by atoms with Crippen LogP contribution in [0.1, 0.15) is 45.2 Å². The van der Waals surface area contributed by atoms with Crippen LogP contribution in [0.15, 0.2) is 60.9 Å². The molecule has 0 radical (unpaired) electrons. The number of carbonyl (C=O) groups excluding carboxylic acids is 2. The van der Waals surface area contributed by atoms with Crippen LogP contribution in [0, 0.1) is 0 Å². The number of nitrogens with one attached hydrogen (secondary N) is 2. The number of piperidine rings is 1. The molecule has 2 aromatic heterocycles. The molecular formula is C28H28N6O2S. The van der Waals surface area contributed by atoms with Crippen molar-refractivity contribution in [3.05, 3.63) is 82.5 Å². The van der Waals surface area contributed by atoms with Crippen LogP contribution in [-0.4, -0.2) is 35.8 Å². The third kappa shape index (κ3) is 3.74. The Morgan fingerprint density at radius 3 is 2.70 bits per heavy atom. The highest BCUT2D eigenvalue weighted by atomic mass is 32.1. The molecule has 2 aromatic carbocycles. The van der Waals surface area contributed by atoms with Gasteiger partial charge in [-0.1, -0.05) is 24.3 Å². The van der Waals surface area contributed by atoms with E-state index in [9.17, 15) is 9.59 Å². The predicted molar refractivity (Wildman–Crippen MR) is 146 cm³/mol. The van der Waals surface area contributed by atoms with Crippen LogP contribution in [0.3, 0.4) is 0 Å². The predicted octanol–water partition coefficient (Wildman–Crippen LogP) is 2.81. The summed E-state index contributed by atoms with van der Waals surface area (Å²) < 4.78 is 0.725. The van der Waals surface area contributed by atoms with Gasteiger partial charge in [-0.2, -0.15) is 0 Å². The van der Waals surface area contributed by atoms with Gasteiger partial charge < -0.3 is 27.8 Å². The molecule has 1 aliphatic heterocycles. The lowest BCUT2D eigenvalue weighted by Gasteiger charge is -2.37. The molecular weight excluding hydrogens is 484 g/mol. The number of nitrogen functional groups attached to an aromatic ring is 1. The van der Waals surface area contributed by atoms with Gasteiger partial charge in [0.1, 0.15) is 5.54 Å². The highest BCUT2D eigenvalue weighted by molar-refractivity contribution is 7.21. The Kier molecular flexibility index (Phi) is 5.80. The summed E-state index contributed by atoms with van der Waals surface area (Å²) in [5.41, 5.74) is 22.7. The number of hydrogen-bond acceptors (Lipinski definition) is 8. The number of hydrogen-bond donors (Lipinski definition) is 5. The van der Waals surface area contributed by atoms with E-state index < -0.39 is 11.6 Å². The number of nitrogens with two attached hydrogens (primary N) is 3. The summed E-state index contributed by atoms with van der Waals surface area (Å²) in [6.07, 6.45) is 5.34. The number of rotatable bonds is 4. The van der Waals surface area contributed by atoms with Crippen LogP contribution < -0.4 is 27.8 Å². The van der Waals surface area contributed by atoms with Crippen molar-refractivity contribution in [3.63, 3.8) is 0 Å². The van der Waals surface area contributed by atoms with Crippen molar-refractivity contribution in [3.8, 4) is 11.1 Å². The Morgan fingerprint density at radius 2 is 1.95 bits per heavy atom. The molecule has 37 heavy (non-hydrogen) atoms. The summed E-state index contributed by atoms with van der Waals surface area (Å²) in [7, 11) is 0. The molecule has 1 saturated heterocycles. The topological polar surface area (TPSA) is 149 Å². The summed E-state index contributed by atoms with van der Waals surface area (Å²) >= 11 is 1.28. The zero-order valence-electron chi connectivity index (χ0n) is 20.2. The minimum Gasteiger partial charge on any atom is -0.398 e. The summed E-state index contributed by atoms with van der Waals surface area (Å²) in [6.45, 7) is 1.66. The van der Waals surface area contributed by atoms with Crippen molar-refractivity contribution in [2.45, 2.75) is 30.5 Å². The monoisotopic (exact) mass is 512 g/mol. The second kappa shape index (κ2) is 9.04. The molecule has 8 N–H and O–H groups in total. The van der Waals surface area contributed by atoms with E-state index in [2.05, 4.69) is 15.6 Å². The second-order valence-corrected chi connectivity index (χ2v) is 10.8. The Balaban J connectivity index is 1.51. The van der Waals surface area contributed by atoms with Gasteiger partial charge in [0.25, 0.3) is 5.91 Å². The van der Waals surface area contributed by atoms with Gasteiger partial charge in [0, 0.05) is 41.6 Å². The molecule has 0 spiro atoms. The molecule has 4 aromatic rings. The van der Waals surface area contributed by atoms with Gasteiger partial charge in [-0.05, 0) is 65.9 Å². The first-order valence-corrected chi connectivity index (χ1v) is 13.2. The molecule has 2 aliphatic rings. The number of Topliss-reactive ketones (excluding diaryl/α,β-unsaturated/α-hetero) is 1. The van der Waals surface area contributed by atoms with E-state index in [1.807, 2.05) is 36.4 Å². The number of ketones is 1. The second-order valence-electron chi connectivity index (χ2n) is 9.73. The SMILES string of the molecule is Nc1ccc2c3c(c(C(=O)NC4CCCNC4)sc13)C(N)C(=O)C2(N)c1cccc(-c2ccncc2)c1. The van der Waals surface area contributed by atoms with Crippen molar-refractivity contribution in [2.24, 2.45) is 11.5 Å². The van der Waals surface area contributed by atoms with E-state index in [-0.39, 0.29) is 17.7 Å². The van der Waals surface area contributed by atoms with Gasteiger partial charge >= 0.3 is 0 Å². The lowest BCUT2D eigenvalue weighted by atomic mass is 9.70. The molecule has 0 bridgehead atoms. The highest BCUT2D eigenvalue weighted by Gasteiger charge is 2.48. The first-order valence-electron chi connectivity index (χ1n) is 12.4. The van der Waals surface area contributed by atoms with Gasteiger partial charge in [0.2, 0.25) is 0 Å². The van der Waals surface area contributed by atoms with Gasteiger partial charge in [-0.3, -0.25) is 14.6 Å². The summed E-state index contributed by atoms with van der Waals surface area (Å²) in [5, 5.41) is 7.13. The summed E-state index contributed by atoms with van der Waals surface area (Å²) in [6, 6.07) is 13.9.